The number of aliphatic hydroxyl groups excluding tert-OH is 1. The Morgan fingerprint density at radius 2 is 1.85 bits per heavy atom. The monoisotopic (exact) mass is 371 g/mol. The molecule has 1 fully saturated rings. The molecule has 27 heavy (non-hydrogen) atoms. The molecule has 1 aromatic carbocycles. The lowest BCUT2D eigenvalue weighted by atomic mass is 9.95. The summed E-state index contributed by atoms with van der Waals surface area (Å²) in [6.07, 6.45) is 5.97. The van der Waals surface area contributed by atoms with Crippen molar-refractivity contribution in [2.24, 2.45) is 5.92 Å². The number of pyridine rings is 1. The fraction of sp³-hybridized carbons (Fsp3) is 0.429. The van der Waals surface area contributed by atoms with E-state index in [1.54, 1.807) is 36.7 Å². The number of anilines is 1. The van der Waals surface area contributed by atoms with E-state index in [9.17, 15) is 14.3 Å². The molecule has 2 heterocycles. The Morgan fingerprint density at radius 1 is 1.19 bits per heavy atom. The van der Waals surface area contributed by atoms with Gasteiger partial charge in [0.15, 0.2) is 0 Å². The van der Waals surface area contributed by atoms with Gasteiger partial charge in [0.25, 0.3) is 0 Å². The highest BCUT2D eigenvalue weighted by Crippen LogP contribution is 2.22. The Kier molecular flexibility index (Phi) is 6.90. The lowest BCUT2D eigenvalue weighted by molar-refractivity contribution is -0.121. The van der Waals surface area contributed by atoms with Crippen LogP contribution in [-0.4, -0.2) is 40.5 Å². The second-order valence-corrected chi connectivity index (χ2v) is 7.05. The minimum absolute atomic E-state index is 0.0409. The van der Waals surface area contributed by atoms with Crippen LogP contribution in [0.2, 0.25) is 0 Å². The quantitative estimate of drug-likeness (QED) is 0.783. The number of hydrogen-bond donors (Lipinski definition) is 2. The van der Waals surface area contributed by atoms with Crippen molar-refractivity contribution in [2.75, 3.05) is 25.0 Å². The van der Waals surface area contributed by atoms with Gasteiger partial charge in [-0.3, -0.25) is 9.78 Å². The maximum atomic E-state index is 12.9. The Morgan fingerprint density at radius 3 is 2.52 bits per heavy atom. The van der Waals surface area contributed by atoms with Crippen LogP contribution in [0.15, 0.2) is 48.8 Å². The highest BCUT2D eigenvalue weighted by molar-refractivity contribution is 5.92. The third kappa shape index (κ3) is 5.84. The van der Waals surface area contributed by atoms with Gasteiger partial charge in [-0.25, -0.2) is 4.39 Å². The van der Waals surface area contributed by atoms with Crippen molar-refractivity contribution in [1.29, 1.82) is 0 Å². The van der Waals surface area contributed by atoms with E-state index in [1.807, 2.05) is 0 Å². The first-order valence-corrected chi connectivity index (χ1v) is 9.48. The second kappa shape index (κ2) is 9.58. The Balaban J connectivity index is 1.35. The average Bonchev–Trinajstić information content (AvgIpc) is 2.69. The predicted octanol–water partition coefficient (Wildman–Crippen LogP) is 3.39. The van der Waals surface area contributed by atoms with Crippen molar-refractivity contribution in [3.05, 3.63) is 60.2 Å². The molecule has 0 aliphatic carbocycles. The van der Waals surface area contributed by atoms with E-state index in [0.29, 0.717) is 6.42 Å². The van der Waals surface area contributed by atoms with Gasteiger partial charge in [0.1, 0.15) is 5.82 Å². The maximum Gasteiger partial charge on any atom is 0.227 e. The average molecular weight is 371 g/mol. The van der Waals surface area contributed by atoms with Crippen LogP contribution in [0.3, 0.4) is 0 Å². The zero-order chi connectivity index (χ0) is 19.1. The van der Waals surface area contributed by atoms with Gasteiger partial charge in [0, 0.05) is 24.0 Å². The molecule has 0 radical (unpaired) electrons. The number of carbonyl (C=O) groups excluding carboxylic acids is 1. The molecular formula is C21H26FN3O2. The second-order valence-electron chi connectivity index (χ2n) is 7.05. The molecule has 1 aromatic heterocycles. The number of piperidine rings is 1. The maximum absolute atomic E-state index is 12.9. The molecule has 1 aliphatic rings. The summed E-state index contributed by atoms with van der Waals surface area (Å²) in [4.78, 5) is 18.6. The number of amides is 1. The molecule has 1 amide bonds. The summed E-state index contributed by atoms with van der Waals surface area (Å²) in [5.74, 6) is -0.173. The summed E-state index contributed by atoms with van der Waals surface area (Å²) >= 11 is 0. The molecule has 0 bridgehead atoms. The Bertz CT molecular complexity index is 716. The lowest BCUT2D eigenvalue weighted by Gasteiger charge is -2.31. The fourth-order valence-corrected chi connectivity index (χ4v) is 3.46. The number of nitrogens with one attached hydrogen (secondary N) is 1. The number of hydrogen-bond acceptors (Lipinski definition) is 4. The molecule has 1 unspecified atom stereocenters. The van der Waals surface area contributed by atoms with Crippen LogP contribution in [0.4, 0.5) is 10.1 Å². The third-order valence-electron chi connectivity index (χ3n) is 5.11. The first kappa shape index (κ1) is 19.5. The summed E-state index contributed by atoms with van der Waals surface area (Å²) in [7, 11) is 0. The minimum atomic E-state index is -0.561. The molecule has 2 aromatic rings. The Hall–Kier alpha value is -2.31. The van der Waals surface area contributed by atoms with Gasteiger partial charge < -0.3 is 15.3 Å². The zero-order valence-corrected chi connectivity index (χ0v) is 15.4. The van der Waals surface area contributed by atoms with E-state index in [1.165, 1.54) is 12.1 Å². The van der Waals surface area contributed by atoms with Crippen LogP contribution in [-0.2, 0) is 4.79 Å². The van der Waals surface area contributed by atoms with Gasteiger partial charge in [-0.2, -0.15) is 0 Å². The SMILES string of the molecule is O=C(Nc1ccncc1)C1CCN(CCCC(O)c2ccc(F)cc2)CC1. The molecule has 1 atom stereocenters. The smallest absolute Gasteiger partial charge is 0.227 e. The Labute approximate surface area is 159 Å². The van der Waals surface area contributed by atoms with E-state index in [0.717, 1.165) is 50.1 Å². The van der Waals surface area contributed by atoms with Crippen LogP contribution < -0.4 is 5.32 Å². The number of nitrogens with zero attached hydrogens (tertiary/aromatic N) is 2. The van der Waals surface area contributed by atoms with Gasteiger partial charge >= 0.3 is 0 Å². The van der Waals surface area contributed by atoms with Gasteiger partial charge in [-0.05, 0) is 75.1 Å². The van der Waals surface area contributed by atoms with Crippen LogP contribution in [0.1, 0.15) is 37.4 Å². The minimum Gasteiger partial charge on any atom is -0.388 e. The third-order valence-corrected chi connectivity index (χ3v) is 5.11. The van der Waals surface area contributed by atoms with Crippen LogP contribution >= 0.6 is 0 Å². The molecular weight excluding hydrogens is 345 g/mol. The number of aliphatic hydroxyl groups is 1. The van der Waals surface area contributed by atoms with Crippen LogP contribution in [0, 0.1) is 11.7 Å². The van der Waals surface area contributed by atoms with E-state index >= 15 is 0 Å². The van der Waals surface area contributed by atoms with Gasteiger partial charge in [-0.15, -0.1) is 0 Å². The molecule has 1 aliphatic heterocycles. The van der Waals surface area contributed by atoms with Gasteiger partial charge in [0.05, 0.1) is 6.10 Å². The molecule has 0 spiro atoms. The number of rotatable bonds is 7. The molecule has 2 N–H and O–H groups in total. The first-order chi connectivity index (χ1) is 13.1. The zero-order valence-electron chi connectivity index (χ0n) is 15.4. The van der Waals surface area contributed by atoms with Crippen molar-refractivity contribution in [2.45, 2.75) is 31.8 Å². The number of carbonyl (C=O) groups is 1. The summed E-state index contributed by atoms with van der Waals surface area (Å²) < 4.78 is 12.9. The van der Waals surface area contributed by atoms with Crippen molar-refractivity contribution < 1.29 is 14.3 Å². The first-order valence-electron chi connectivity index (χ1n) is 9.48. The summed E-state index contributed by atoms with van der Waals surface area (Å²) in [5, 5.41) is 13.1. The van der Waals surface area contributed by atoms with Gasteiger partial charge in [0.2, 0.25) is 5.91 Å². The molecule has 5 nitrogen and oxygen atoms in total. The highest BCUT2D eigenvalue weighted by Gasteiger charge is 2.24. The topological polar surface area (TPSA) is 65.5 Å². The summed E-state index contributed by atoms with van der Waals surface area (Å²) in [6.45, 7) is 2.68. The lowest BCUT2D eigenvalue weighted by Crippen LogP contribution is -2.38. The molecule has 1 saturated heterocycles. The van der Waals surface area contributed by atoms with Gasteiger partial charge in [-0.1, -0.05) is 12.1 Å². The fourth-order valence-electron chi connectivity index (χ4n) is 3.46. The number of benzene rings is 1. The van der Waals surface area contributed by atoms with Crippen molar-refractivity contribution in [1.82, 2.24) is 9.88 Å². The molecule has 6 heteroatoms. The summed E-state index contributed by atoms with van der Waals surface area (Å²) in [6, 6.07) is 9.60. The number of aromatic nitrogens is 1. The van der Waals surface area contributed by atoms with E-state index < -0.39 is 6.10 Å². The van der Waals surface area contributed by atoms with Crippen molar-refractivity contribution >= 4 is 11.6 Å². The molecule has 144 valence electrons. The predicted molar refractivity (Wildman–Crippen MR) is 103 cm³/mol. The van der Waals surface area contributed by atoms with E-state index in [-0.39, 0.29) is 17.6 Å². The normalized spacial score (nSPS) is 16.8. The molecule has 3 rings (SSSR count). The van der Waals surface area contributed by atoms with E-state index in [2.05, 4.69) is 15.2 Å². The van der Waals surface area contributed by atoms with Crippen LogP contribution in [0.25, 0.3) is 0 Å². The molecule has 0 saturated carbocycles. The van der Waals surface area contributed by atoms with Crippen molar-refractivity contribution in [3.8, 4) is 0 Å². The standard InChI is InChI=1S/C21H26FN3O2/c22-18-5-3-16(4-6-18)20(26)2-1-13-25-14-9-17(10-15-25)21(27)24-19-7-11-23-12-8-19/h3-8,11-12,17,20,26H,1-2,9-10,13-15H2,(H,23,24,27). The number of likely N-dealkylation sites (tertiary alicyclic amines) is 1. The summed E-state index contributed by atoms with van der Waals surface area (Å²) in [5.41, 5.74) is 1.54. The van der Waals surface area contributed by atoms with Crippen molar-refractivity contribution in [3.63, 3.8) is 0 Å². The highest BCUT2D eigenvalue weighted by atomic mass is 19.1. The number of halogens is 1. The van der Waals surface area contributed by atoms with Crippen LogP contribution in [0.5, 0.6) is 0 Å². The largest absolute Gasteiger partial charge is 0.388 e. The van der Waals surface area contributed by atoms with E-state index in [4.69, 9.17) is 0 Å².